The van der Waals surface area contributed by atoms with Gasteiger partial charge in [-0.05, 0) is 11.5 Å². The Hall–Kier alpha value is -2.59. The van der Waals surface area contributed by atoms with E-state index in [0.29, 0.717) is 31.2 Å². The van der Waals surface area contributed by atoms with Gasteiger partial charge in [0.2, 0.25) is 5.95 Å². The normalized spacial score (nSPS) is 20.3. The Morgan fingerprint density at radius 2 is 1.90 bits per heavy atom. The maximum Gasteiger partial charge on any atom is 0.259 e. The fourth-order valence-corrected chi connectivity index (χ4v) is 5.31. The monoisotopic (exact) mass is 439 g/mol. The first-order valence-corrected chi connectivity index (χ1v) is 11.3. The molecule has 5 rings (SSSR count). The molecular weight excluding hydrogens is 414 g/mol. The van der Waals surface area contributed by atoms with Crippen LogP contribution in [0, 0.1) is 0 Å². The number of amides is 1. The van der Waals surface area contributed by atoms with Crippen molar-refractivity contribution in [1.82, 2.24) is 14.9 Å². The maximum atomic E-state index is 12.1. The molecule has 31 heavy (non-hydrogen) atoms. The molecule has 2 aliphatic rings. The predicted molar refractivity (Wildman–Crippen MR) is 119 cm³/mol. The van der Waals surface area contributed by atoms with Gasteiger partial charge in [-0.2, -0.15) is 0 Å². The number of anilines is 1. The van der Waals surface area contributed by atoms with Gasteiger partial charge in [0.05, 0.1) is 30.8 Å². The highest BCUT2D eigenvalue weighted by molar-refractivity contribution is 7.21. The van der Waals surface area contributed by atoms with Crippen molar-refractivity contribution in [2.45, 2.75) is 12.6 Å². The highest BCUT2D eigenvalue weighted by atomic mass is 32.1. The number of primary amides is 1. The first-order valence-electron chi connectivity index (χ1n) is 10.5. The topological polar surface area (TPSA) is 93.8 Å². The van der Waals surface area contributed by atoms with E-state index in [4.69, 9.17) is 15.2 Å². The van der Waals surface area contributed by atoms with Crippen LogP contribution in [0.2, 0.25) is 0 Å². The molecule has 0 bridgehead atoms. The molecule has 0 saturated carbocycles. The molecule has 162 valence electrons. The van der Waals surface area contributed by atoms with Crippen LogP contribution in [-0.4, -0.2) is 66.8 Å². The minimum atomic E-state index is -0.399. The van der Waals surface area contributed by atoms with E-state index < -0.39 is 5.91 Å². The number of rotatable bonds is 5. The Bertz CT molecular complexity index is 1060. The maximum absolute atomic E-state index is 12.1. The van der Waals surface area contributed by atoms with Gasteiger partial charge in [0.15, 0.2) is 0 Å². The molecule has 9 heteroatoms. The second kappa shape index (κ2) is 8.88. The minimum absolute atomic E-state index is 0.194. The molecule has 3 aromatic rings. The van der Waals surface area contributed by atoms with Crippen LogP contribution in [-0.2, 0) is 16.0 Å². The number of hydrogen-bond donors (Lipinski definition) is 1. The summed E-state index contributed by atoms with van der Waals surface area (Å²) < 4.78 is 12.5. The Morgan fingerprint density at radius 3 is 2.68 bits per heavy atom. The van der Waals surface area contributed by atoms with Gasteiger partial charge in [0.1, 0.15) is 0 Å². The molecule has 0 radical (unpaired) electrons. The van der Waals surface area contributed by atoms with E-state index in [1.165, 1.54) is 11.3 Å². The van der Waals surface area contributed by atoms with E-state index in [9.17, 15) is 4.79 Å². The SMILES string of the molecule is NC(=O)c1sc2ccccc2c1[C@H]1CN(Cc2cnc(N3CCOCC3)nc2)CCO1. The highest BCUT2D eigenvalue weighted by Crippen LogP contribution is 2.38. The van der Waals surface area contributed by atoms with Gasteiger partial charge in [-0.3, -0.25) is 9.69 Å². The van der Waals surface area contributed by atoms with Crippen molar-refractivity contribution >= 4 is 33.3 Å². The average molecular weight is 440 g/mol. The number of carbonyl (C=O) groups is 1. The van der Waals surface area contributed by atoms with E-state index in [1.807, 2.05) is 36.7 Å². The molecule has 1 amide bonds. The van der Waals surface area contributed by atoms with Gasteiger partial charge in [-0.25, -0.2) is 9.97 Å². The van der Waals surface area contributed by atoms with Crippen molar-refractivity contribution < 1.29 is 14.3 Å². The van der Waals surface area contributed by atoms with Crippen LogP contribution in [0.4, 0.5) is 5.95 Å². The Balaban J connectivity index is 1.32. The predicted octanol–water partition coefficient (Wildman–Crippen LogP) is 2.20. The number of fused-ring (bicyclic) bond motifs is 1. The first kappa shape index (κ1) is 20.3. The van der Waals surface area contributed by atoms with Crippen LogP contribution >= 0.6 is 11.3 Å². The zero-order valence-corrected chi connectivity index (χ0v) is 18.0. The number of hydrogen-bond acceptors (Lipinski definition) is 8. The third kappa shape index (κ3) is 4.27. The Morgan fingerprint density at radius 1 is 1.13 bits per heavy atom. The minimum Gasteiger partial charge on any atom is -0.378 e. The van der Waals surface area contributed by atoms with Crippen molar-refractivity contribution in [2.75, 3.05) is 50.9 Å². The summed E-state index contributed by atoms with van der Waals surface area (Å²) >= 11 is 1.44. The lowest BCUT2D eigenvalue weighted by atomic mass is 10.0. The summed E-state index contributed by atoms with van der Waals surface area (Å²) in [7, 11) is 0. The van der Waals surface area contributed by atoms with Gasteiger partial charge in [0.25, 0.3) is 5.91 Å². The summed E-state index contributed by atoms with van der Waals surface area (Å²) in [5.41, 5.74) is 7.66. The summed E-state index contributed by atoms with van der Waals surface area (Å²) in [5, 5.41) is 1.05. The molecule has 0 aliphatic carbocycles. The highest BCUT2D eigenvalue weighted by Gasteiger charge is 2.29. The van der Waals surface area contributed by atoms with Crippen molar-refractivity contribution in [3.63, 3.8) is 0 Å². The second-order valence-electron chi connectivity index (χ2n) is 7.79. The zero-order valence-electron chi connectivity index (χ0n) is 17.2. The summed E-state index contributed by atoms with van der Waals surface area (Å²) in [5.74, 6) is 0.353. The fraction of sp³-hybridized carbons (Fsp3) is 0.409. The molecule has 2 aromatic heterocycles. The first-order chi connectivity index (χ1) is 15.2. The number of nitrogens with two attached hydrogens (primary N) is 1. The van der Waals surface area contributed by atoms with Gasteiger partial charge in [-0.1, -0.05) is 18.2 Å². The standard InChI is InChI=1S/C22H25N5O3S/c23-21(28)20-19(16-3-1-2-4-18(16)31-20)17-14-26(5-10-30-17)13-15-11-24-22(25-12-15)27-6-8-29-9-7-27/h1-4,11-12,17H,5-10,13-14H2,(H2,23,28)/t17-/m1/s1. The number of nitrogens with zero attached hydrogens (tertiary/aromatic N) is 4. The van der Waals surface area contributed by atoms with Crippen LogP contribution in [0.25, 0.3) is 10.1 Å². The van der Waals surface area contributed by atoms with Crippen molar-refractivity contribution in [3.8, 4) is 0 Å². The molecule has 1 aromatic carbocycles. The number of carbonyl (C=O) groups excluding carboxylic acids is 1. The molecule has 0 unspecified atom stereocenters. The number of morpholine rings is 2. The van der Waals surface area contributed by atoms with Gasteiger partial charge < -0.3 is 20.1 Å². The number of aromatic nitrogens is 2. The van der Waals surface area contributed by atoms with Crippen molar-refractivity contribution in [2.24, 2.45) is 5.73 Å². The van der Waals surface area contributed by atoms with Gasteiger partial charge in [-0.15, -0.1) is 11.3 Å². The molecule has 2 N–H and O–H groups in total. The third-order valence-corrected chi connectivity index (χ3v) is 6.92. The quantitative estimate of drug-likeness (QED) is 0.651. The summed E-state index contributed by atoms with van der Waals surface area (Å²) in [4.78, 5) is 26.3. The van der Waals surface area contributed by atoms with Crippen LogP contribution in [0.1, 0.15) is 26.9 Å². The zero-order chi connectivity index (χ0) is 21.2. The van der Waals surface area contributed by atoms with E-state index in [1.54, 1.807) is 0 Å². The number of benzene rings is 1. The van der Waals surface area contributed by atoms with E-state index >= 15 is 0 Å². The lowest BCUT2D eigenvalue weighted by molar-refractivity contribution is -0.0323. The molecule has 2 fully saturated rings. The second-order valence-corrected chi connectivity index (χ2v) is 8.84. The summed E-state index contributed by atoms with van der Waals surface area (Å²) in [6.07, 6.45) is 3.61. The van der Waals surface area contributed by atoms with Crippen LogP contribution in [0.15, 0.2) is 36.7 Å². The van der Waals surface area contributed by atoms with Gasteiger partial charge >= 0.3 is 0 Å². The van der Waals surface area contributed by atoms with E-state index in [0.717, 1.165) is 53.3 Å². The summed E-state index contributed by atoms with van der Waals surface area (Å²) in [6.45, 7) is 5.90. The third-order valence-electron chi connectivity index (χ3n) is 5.72. The molecule has 1 atom stereocenters. The smallest absolute Gasteiger partial charge is 0.259 e. The van der Waals surface area contributed by atoms with E-state index in [2.05, 4.69) is 19.8 Å². The van der Waals surface area contributed by atoms with Crippen LogP contribution in [0.3, 0.4) is 0 Å². The molecule has 8 nitrogen and oxygen atoms in total. The molecular formula is C22H25N5O3S. The largest absolute Gasteiger partial charge is 0.378 e. The van der Waals surface area contributed by atoms with Gasteiger partial charge in [0, 0.05) is 60.9 Å². The van der Waals surface area contributed by atoms with Crippen LogP contribution in [0.5, 0.6) is 0 Å². The molecule has 0 spiro atoms. The fourth-order valence-electron chi connectivity index (χ4n) is 4.20. The molecule has 2 saturated heterocycles. The molecule has 2 aliphatic heterocycles. The molecule has 4 heterocycles. The average Bonchev–Trinajstić information content (AvgIpc) is 3.20. The van der Waals surface area contributed by atoms with Crippen molar-refractivity contribution in [1.29, 1.82) is 0 Å². The Labute approximate surface area is 184 Å². The number of ether oxygens (including phenoxy) is 2. The lowest BCUT2D eigenvalue weighted by Crippen LogP contribution is -2.38. The summed E-state index contributed by atoms with van der Waals surface area (Å²) in [6, 6.07) is 8.01. The number of thiophene rings is 1. The van der Waals surface area contributed by atoms with Crippen molar-refractivity contribution in [3.05, 3.63) is 52.7 Å². The van der Waals surface area contributed by atoms with Crippen LogP contribution < -0.4 is 10.6 Å². The Kier molecular flexibility index (Phi) is 5.82. The van der Waals surface area contributed by atoms with E-state index in [-0.39, 0.29) is 6.10 Å². The lowest BCUT2D eigenvalue weighted by Gasteiger charge is -2.33.